The van der Waals surface area contributed by atoms with Crippen molar-refractivity contribution in [2.24, 2.45) is 0 Å². The normalized spacial score (nSPS) is 14.2. The summed E-state index contributed by atoms with van der Waals surface area (Å²) < 4.78 is 31.9. The van der Waals surface area contributed by atoms with Gasteiger partial charge < -0.3 is 15.5 Å². The largest absolute Gasteiger partial charge is 0.394 e. The summed E-state index contributed by atoms with van der Waals surface area (Å²) in [5, 5.41) is 18.6. The lowest BCUT2D eigenvalue weighted by Gasteiger charge is -2.15. The van der Waals surface area contributed by atoms with E-state index >= 15 is 0 Å². The van der Waals surface area contributed by atoms with E-state index in [0.29, 0.717) is 6.42 Å². The quantitative estimate of drug-likeness (QED) is 0.239. The lowest BCUT2D eigenvalue weighted by Crippen LogP contribution is -2.43. The number of amides is 1. The summed E-state index contributed by atoms with van der Waals surface area (Å²) in [4.78, 5) is 11.9. The topological polar surface area (TPSA) is 124 Å². The molecule has 0 saturated heterocycles. The Balaban J connectivity index is 3.96. The van der Waals surface area contributed by atoms with Crippen LogP contribution in [0.4, 0.5) is 0 Å². The van der Waals surface area contributed by atoms with Gasteiger partial charge in [0.1, 0.15) is 0 Å². The van der Waals surface area contributed by atoms with Crippen molar-refractivity contribution in [2.45, 2.75) is 88.9 Å². The van der Waals surface area contributed by atoms with Crippen molar-refractivity contribution in [2.75, 3.05) is 13.2 Å². The first-order valence-electron chi connectivity index (χ1n) is 9.35. The predicted octanol–water partition coefficient (Wildman–Crippen LogP) is 2.02. The van der Waals surface area contributed by atoms with Crippen LogP contribution in [0.25, 0.3) is 0 Å². The Morgan fingerprint density at radius 3 is 1.88 bits per heavy atom. The van der Waals surface area contributed by atoms with Gasteiger partial charge in [-0.1, -0.05) is 71.1 Å². The van der Waals surface area contributed by atoms with Crippen LogP contribution < -0.4 is 5.32 Å². The number of hydrogen-bond donors (Lipinski definition) is 4. The molecule has 2 unspecified atom stereocenters. The number of aliphatic hydroxyl groups is 2. The zero-order chi connectivity index (χ0) is 19.1. The molecule has 0 aliphatic rings. The third-order valence-corrected chi connectivity index (χ3v) is 5.36. The summed E-state index contributed by atoms with van der Waals surface area (Å²) in [6, 6.07) is 0. The Hall–Kier alpha value is -0.700. The van der Waals surface area contributed by atoms with Gasteiger partial charge in [-0.05, 0) is 6.42 Å². The van der Waals surface area contributed by atoms with E-state index in [1.54, 1.807) is 0 Å². The fourth-order valence-corrected chi connectivity index (χ4v) is 3.45. The second-order valence-corrected chi connectivity index (χ2v) is 8.15. The third kappa shape index (κ3) is 13.2. The first-order valence-corrected chi connectivity index (χ1v) is 10.9. The Kier molecular flexibility index (Phi) is 14.1. The number of unbranched alkanes of at least 4 members (excludes halogenated alkanes) is 9. The van der Waals surface area contributed by atoms with Gasteiger partial charge in [0.25, 0.3) is 10.1 Å². The summed E-state index contributed by atoms with van der Waals surface area (Å²) in [5.74, 6) is -0.842. The first-order chi connectivity index (χ1) is 11.8. The molecule has 0 aromatic heterocycles. The number of nitrogens with one attached hydrogen (secondary N) is 1. The van der Waals surface area contributed by atoms with Gasteiger partial charge in [-0.3, -0.25) is 9.35 Å². The fourth-order valence-electron chi connectivity index (χ4n) is 2.63. The van der Waals surface area contributed by atoms with Crippen molar-refractivity contribution in [1.82, 2.24) is 5.32 Å². The minimum Gasteiger partial charge on any atom is -0.394 e. The van der Waals surface area contributed by atoms with Crippen LogP contribution in [0.5, 0.6) is 0 Å². The molecule has 150 valence electrons. The van der Waals surface area contributed by atoms with Gasteiger partial charge in [-0.2, -0.15) is 8.42 Å². The SMILES string of the molecule is CCCCCCCCCCCCC(C(=O)NCC(O)CO)S(=O)(=O)O. The summed E-state index contributed by atoms with van der Waals surface area (Å²) in [5.41, 5.74) is 0. The molecule has 0 heterocycles. The Labute approximate surface area is 152 Å². The van der Waals surface area contributed by atoms with Crippen LogP contribution in [0.3, 0.4) is 0 Å². The molecule has 0 aromatic carbocycles. The standard InChI is InChI=1S/C17H35NO6S/c1-2-3-4-5-6-7-8-9-10-11-12-16(25(22,23)24)17(21)18-13-15(20)14-19/h15-16,19-20H,2-14H2,1H3,(H,18,21)(H,22,23,24). The molecule has 0 aliphatic heterocycles. The van der Waals surface area contributed by atoms with Gasteiger partial charge in [0, 0.05) is 6.54 Å². The van der Waals surface area contributed by atoms with Crippen molar-refractivity contribution in [3.05, 3.63) is 0 Å². The van der Waals surface area contributed by atoms with Crippen LogP contribution in [0.2, 0.25) is 0 Å². The van der Waals surface area contributed by atoms with Gasteiger partial charge in [0.2, 0.25) is 5.91 Å². The number of aliphatic hydroxyl groups excluding tert-OH is 2. The molecule has 25 heavy (non-hydrogen) atoms. The Morgan fingerprint density at radius 1 is 0.960 bits per heavy atom. The lowest BCUT2D eigenvalue weighted by atomic mass is 10.1. The maximum atomic E-state index is 11.9. The molecule has 0 saturated carbocycles. The molecular weight excluding hydrogens is 346 g/mol. The van der Waals surface area contributed by atoms with Crippen LogP contribution in [-0.2, 0) is 14.9 Å². The minimum absolute atomic E-state index is 0.0520. The molecule has 0 fully saturated rings. The maximum absolute atomic E-state index is 11.9. The highest BCUT2D eigenvalue weighted by Crippen LogP contribution is 2.14. The number of carbonyl (C=O) groups is 1. The highest BCUT2D eigenvalue weighted by atomic mass is 32.2. The van der Waals surface area contributed by atoms with E-state index in [1.165, 1.54) is 38.5 Å². The van der Waals surface area contributed by atoms with Crippen molar-refractivity contribution in [3.8, 4) is 0 Å². The van der Waals surface area contributed by atoms with E-state index in [1.807, 2.05) is 0 Å². The second-order valence-electron chi connectivity index (χ2n) is 6.56. The average molecular weight is 382 g/mol. The molecule has 0 bridgehead atoms. The summed E-state index contributed by atoms with van der Waals surface area (Å²) in [6.07, 6.45) is 9.80. The molecular formula is C17H35NO6S. The molecule has 0 spiro atoms. The Bertz CT molecular complexity index is 440. The van der Waals surface area contributed by atoms with Crippen molar-refractivity contribution in [3.63, 3.8) is 0 Å². The van der Waals surface area contributed by atoms with E-state index in [4.69, 9.17) is 5.11 Å². The molecule has 2 atom stereocenters. The van der Waals surface area contributed by atoms with Gasteiger partial charge >= 0.3 is 0 Å². The molecule has 0 aliphatic carbocycles. The van der Waals surface area contributed by atoms with Crippen LogP contribution in [-0.4, -0.2) is 53.6 Å². The monoisotopic (exact) mass is 381 g/mol. The van der Waals surface area contributed by atoms with Crippen LogP contribution in [0.1, 0.15) is 77.6 Å². The molecule has 1 amide bonds. The van der Waals surface area contributed by atoms with Crippen LogP contribution in [0, 0.1) is 0 Å². The molecule has 8 heteroatoms. The third-order valence-electron chi connectivity index (χ3n) is 4.19. The zero-order valence-electron chi connectivity index (χ0n) is 15.3. The van der Waals surface area contributed by atoms with E-state index < -0.39 is 34.0 Å². The van der Waals surface area contributed by atoms with Crippen molar-refractivity contribution in [1.29, 1.82) is 0 Å². The van der Waals surface area contributed by atoms with Crippen LogP contribution >= 0.6 is 0 Å². The zero-order valence-corrected chi connectivity index (χ0v) is 16.1. The summed E-state index contributed by atoms with van der Waals surface area (Å²) in [7, 11) is -4.49. The van der Waals surface area contributed by atoms with E-state index in [9.17, 15) is 22.9 Å². The fraction of sp³-hybridized carbons (Fsp3) is 0.941. The number of hydrogen-bond acceptors (Lipinski definition) is 5. The predicted molar refractivity (Wildman–Crippen MR) is 97.9 cm³/mol. The van der Waals surface area contributed by atoms with Crippen molar-refractivity contribution >= 4 is 16.0 Å². The average Bonchev–Trinajstić information content (AvgIpc) is 2.56. The lowest BCUT2D eigenvalue weighted by molar-refractivity contribution is -0.121. The van der Waals surface area contributed by atoms with E-state index in [0.717, 1.165) is 19.3 Å². The number of carbonyl (C=O) groups excluding carboxylic acids is 1. The van der Waals surface area contributed by atoms with Gasteiger partial charge in [-0.15, -0.1) is 0 Å². The summed E-state index contributed by atoms with van der Waals surface area (Å²) >= 11 is 0. The van der Waals surface area contributed by atoms with Gasteiger partial charge in [0.05, 0.1) is 12.7 Å². The van der Waals surface area contributed by atoms with Gasteiger partial charge in [0.15, 0.2) is 5.25 Å². The molecule has 0 radical (unpaired) electrons. The second kappa shape index (κ2) is 14.5. The number of rotatable bonds is 16. The smallest absolute Gasteiger partial charge is 0.276 e. The van der Waals surface area contributed by atoms with E-state index in [2.05, 4.69) is 12.2 Å². The highest BCUT2D eigenvalue weighted by molar-refractivity contribution is 7.87. The Morgan fingerprint density at radius 2 is 1.44 bits per heavy atom. The maximum Gasteiger partial charge on any atom is 0.276 e. The van der Waals surface area contributed by atoms with E-state index in [-0.39, 0.29) is 13.0 Å². The first kappa shape index (κ1) is 24.3. The van der Waals surface area contributed by atoms with Crippen LogP contribution in [0.15, 0.2) is 0 Å². The molecule has 0 aromatic rings. The molecule has 4 N–H and O–H groups in total. The summed E-state index contributed by atoms with van der Waals surface area (Å²) in [6.45, 7) is 1.41. The molecule has 7 nitrogen and oxygen atoms in total. The van der Waals surface area contributed by atoms with Gasteiger partial charge in [-0.25, -0.2) is 0 Å². The minimum atomic E-state index is -4.49. The highest BCUT2D eigenvalue weighted by Gasteiger charge is 2.30. The van der Waals surface area contributed by atoms with Crippen molar-refractivity contribution < 1.29 is 28.0 Å². The molecule has 0 rings (SSSR count).